The van der Waals surface area contributed by atoms with Gasteiger partial charge >= 0.3 is 0 Å². The number of para-hydroxylation sites is 1. The Kier molecular flexibility index (Phi) is 5.17. The van der Waals surface area contributed by atoms with Gasteiger partial charge in [-0.05, 0) is 30.0 Å². The second-order valence-electron chi connectivity index (χ2n) is 5.25. The molecule has 2 heterocycles. The summed E-state index contributed by atoms with van der Waals surface area (Å²) in [7, 11) is 1.59. The molecule has 0 spiro atoms. The molecule has 0 aliphatic heterocycles. The molecule has 1 aromatic carbocycles. The largest absolute Gasteiger partial charge is 0.391 e. The van der Waals surface area contributed by atoms with Gasteiger partial charge in [0.15, 0.2) is 5.82 Å². The second-order valence-corrected chi connectivity index (χ2v) is 6.03. The van der Waals surface area contributed by atoms with Gasteiger partial charge in [-0.25, -0.2) is 9.97 Å². The summed E-state index contributed by atoms with van der Waals surface area (Å²) in [6.45, 7) is 0.959. The van der Waals surface area contributed by atoms with E-state index in [-0.39, 0.29) is 0 Å². The lowest BCUT2D eigenvalue weighted by atomic mass is 10.2. The van der Waals surface area contributed by atoms with Crippen molar-refractivity contribution in [3.05, 3.63) is 41.1 Å². The summed E-state index contributed by atoms with van der Waals surface area (Å²) < 4.78 is 4.94. The fourth-order valence-corrected chi connectivity index (χ4v) is 3.00. The van der Waals surface area contributed by atoms with Crippen LogP contribution in [-0.4, -0.2) is 41.4 Å². The number of fused-ring (bicyclic) bond motifs is 1. The van der Waals surface area contributed by atoms with Gasteiger partial charge < -0.3 is 15.2 Å². The van der Waals surface area contributed by atoms with Gasteiger partial charge in [0.25, 0.3) is 0 Å². The summed E-state index contributed by atoms with van der Waals surface area (Å²) in [5.41, 5.74) is 1.92. The van der Waals surface area contributed by atoms with Crippen LogP contribution >= 0.6 is 11.3 Å². The van der Waals surface area contributed by atoms with Gasteiger partial charge in [-0.3, -0.25) is 0 Å². The van der Waals surface area contributed by atoms with Crippen molar-refractivity contribution in [1.82, 2.24) is 9.97 Å². The third kappa shape index (κ3) is 3.85. The number of ether oxygens (including phenoxy) is 1. The summed E-state index contributed by atoms with van der Waals surface area (Å²) in [6.07, 6.45) is 0.122. The van der Waals surface area contributed by atoms with E-state index in [9.17, 15) is 5.11 Å². The topological polar surface area (TPSA) is 67.3 Å². The summed E-state index contributed by atoms with van der Waals surface area (Å²) in [4.78, 5) is 9.29. The highest BCUT2D eigenvalue weighted by Crippen LogP contribution is 2.26. The molecule has 0 aliphatic rings. The predicted octanol–water partition coefficient (Wildman–Crippen LogP) is 3.17. The zero-order valence-electron chi connectivity index (χ0n) is 12.9. The number of anilines is 1. The van der Waals surface area contributed by atoms with Gasteiger partial charge in [0.05, 0.1) is 18.2 Å². The standard InChI is InChI=1S/C17H19N3O2S/c1-22-10-13(21)6-8-18-17-14-4-2-3-5-15(14)19-16(20-17)12-7-9-23-11-12/h2-5,7,9,11,13,21H,6,8,10H2,1H3,(H,18,19,20). The van der Waals surface area contributed by atoms with Crippen LogP contribution in [0.1, 0.15) is 6.42 Å². The van der Waals surface area contributed by atoms with Gasteiger partial charge in [-0.1, -0.05) is 12.1 Å². The first-order chi connectivity index (χ1) is 11.3. The summed E-state index contributed by atoms with van der Waals surface area (Å²) in [6, 6.07) is 9.94. The molecular formula is C17H19N3O2S. The highest BCUT2D eigenvalue weighted by Gasteiger charge is 2.10. The summed E-state index contributed by atoms with van der Waals surface area (Å²) in [5, 5.41) is 18.1. The maximum Gasteiger partial charge on any atom is 0.162 e. The van der Waals surface area contributed by atoms with Crippen LogP contribution in [0.25, 0.3) is 22.3 Å². The number of hydrogen-bond acceptors (Lipinski definition) is 6. The van der Waals surface area contributed by atoms with Crippen molar-refractivity contribution >= 4 is 28.1 Å². The lowest BCUT2D eigenvalue weighted by molar-refractivity contribution is 0.0615. The molecule has 3 rings (SSSR count). The molecule has 120 valence electrons. The van der Waals surface area contributed by atoms with E-state index in [0.29, 0.717) is 25.4 Å². The zero-order valence-corrected chi connectivity index (χ0v) is 13.7. The zero-order chi connectivity index (χ0) is 16.1. The Morgan fingerprint density at radius 1 is 1.26 bits per heavy atom. The number of nitrogens with zero attached hydrogens (tertiary/aromatic N) is 2. The Morgan fingerprint density at radius 2 is 2.13 bits per heavy atom. The van der Waals surface area contributed by atoms with E-state index in [1.165, 1.54) is 0 Å². The van der Waals surface area contributed by atoms with Gasteiger partial charge in [-0.15, -0.1) is 0 Å². The Balaban J connectivity index is 1.85. The molecule has 3 aromatic rings. The number of aliphatic hydroxyl groups excluding tert-OH is 1. The van der Waals surface area contributed by atoms with E-state index < -0.39 is 6.10 Å². The SMILES string of the molecule is COCC(O)CCNc1nc(-c2ccsc2)nc2ccccc12. The minimum absolute atomic E-state index is 0.340. The van der Waals surface area contributed by atoms with Crippen molar-refractivity contribution in [3.8, 4) is 11.4 Å². The van der Waals surface area contributed by atoms with Gasteiger partial charge in [0, 0.05) is 30.0 Å². The molecule has 1 atom stereocenters. The molecule has 0 bridgehead atoms. The molecule has 0 fully saturated rings. The highest BCUT2D eigenvalue weighted by molar-refractivity contribution is 7.08. The first kappa shape index (κ1) is 15.9. The van der Waals surface area contributed by atoms with Crippen LogP contribution in [0.4, 0.5) is 5.82 Å². The molecule has 6 heteroatoms. The first-order valence-electron chi connectivity index (χ1n) is 7.48. The summed E-state index contributed by atoms with van der Waals surface area (Å²) >= 11 is 1.63. The quantitative estimate of drug-likeness (QED) is 0.697. The normalized spacial score (nSPS) is 12.4. The number of benzene rings is 1. The first-order valence-corrected chi connectivity index (χ1v) is 8.42. The number of aromatic nitrogens is 2. The number of methoxy groups -OCH3 is 1. The van der Waals surface area contributed by atoms with E-state index in [0.717, 1.165) is 22.3 Å². The molecular weight excluding hydrogens is 310 g/mol. The van der Waals surface area contributed by atoms with Crippen molar-refractivity contribution < 1.29 is 9.84 Å². The predicted molar refractivity (Wildman–Crippen MR) is 93.8 cm³/mol. The van der Waals surface area contributed by atoms with E-state index in [2.05, 4.69) is 15.3 Å². The van der Waals surface area contributed by atoms with Crippen LogP contribution in [-0.2, 0) is 4.74 Å². The van der Waals surface area contributed by atoms with Gasteiger partial charge in [-0.2, -0.15) is 11.3 Å². The average Bonchev–Trinajstić information content (AvgIpc) is 3.09. The van der Waals surface area contributed by atoms with Gasteiger partial charge in [0.2, 0.25) is 0 Å². The lowest BCUT2D eigenvalue weighted by Gasteiger charge is -2.13. The molecule has 0 aliphatic carbocycles. The molecule has 5 nitrogen and oxygen atoms in total. The van der Waals surface area contributed by atoms with Crippen LogP contribution in [0.3, 0.4) is 0 Å². The van der Waals surface area contributed by atoms with Gasteiger partial charge in [0.1, 0.15) is 5.82 Å². The molecule has 2 aromatic heterocycles. The molecule has 0 amide bonds. The lowest BCUT2D eigenvalue weighted by Crippen LogP contribution is -2.18. The third-order valence-corrected chi connectivity index (χ3v) is 4.19. The Morgan fingerprint density at radius 3 is 2.91 bits per heavy atom. The second kappa shape index (κ2) is 7.50. The minimum Gasteiger partial charge on any atom is -0.391 e. The maximum atomic E-state index is 9.75. The molecule has 1 unspecified atom stereocenters. The number of rotatable bonds is 7. The Bertz CT molecular complexity index is 762. The van der Waals surface area contributed by atoms with E-state index in [1.807, 2.05) is 41.1 Å². The maximum absolute atomic E-state index is 9.75. The van der Waals surface area contributed by atoms with Crippen molar-refractivity contribution in [2.75, 3.05) is 25.6 Å². The highest BCUT2D eigenvalue weighted by atomic mass is 32.1. The molecule has 0 saturated heterocycles. The smallest absolute Gasteiger partial charge is 0.162 e. The number of aliphatic hydroxyl groups is 1. The Hall–Kier alpha value is -2.02. The van der Waals surface area contributed by atoms with Crippen LogP contribution in [0.5, 0.6) is 0 Å². The van der Waals surface area contributed by atoms with Crippen molar-refractivity contribution in [1.29, 1.82) is 0 Å². The third-order valence-electron chi connectivity index (χ3n) is 3.51. The fraction of sp³-hybridized carbons (Fsp3) is 0.294. The number of nitrogens with one attached hydrogen (secondary N) is 1. The fourth-order valence-electron chi connectivity index (χ4n) is 2.37. The molecule has 2 N–H and O–H groups in total. The van der Waals surface area contributed by atoms with E-state index in [1.54, 1.807) is 18.4 Å². The van der Waals surface area contributed by atoms with E-state index in [4.69, 9.17) is 4.74 Å². The van der Waals surface area contributed by atoms with Crippen LogP contribution in [0.2, 0.25) is 0 Å². The summed E-state index contributed by atoms with van der Waals surface area (Å²) in [5.74, 6) is 1.51. The number of hydrogen-bond donors (Lipinski definition) is 2. The Labute approximate surface area is 139 Å². The monoisotopic (exact) mass is 329 g/mol. The number of thiophene rings is 1. The molecule has 0 saturated carbocycles. The minimum atomic E-state index is -0.475. The molecule has 0 radical (unpaired) electrons. The van der Waals surface area contributed by atoms with Crippen LogP contribution in [0.15, 0.2) is 41.1 Å². The average molecular weight is 329 g/mol. The van der Waals surface area contributed by atoms with Crippen LogP contribution in [0, 0.1) is 0 Å². The molecule has 23 heavy (non-hydrogen) atoms. The van der Waals surface area contributed by atoms with Crippen molar-refractivity contribution in [2.24, 2.45) is 0 Å². The van der Waals surface area contributed by atoms with Crippen LogP contribution < -0.4 is 5.32 Å². The van der Waals surface area contributed by atoms with Crippen molar-refractivity contribution in [2.45, 2.75) is 12.5 Å². The van der Waals surface area contributed by atoms with Crippen molar-refractivity contribution in [3.63, 3.8) is 0 Å². The van der Waals surface area contributed by atoms with E-state index >= 15 is 0 Å².